The minimum Gasteiger partial charge on any atom is -0.389 e. The summed E-state index contributed by atoms with van der Waals surface area (Å²) in [4.78, 5) is 2.36. The molecule has 4 rings (SSSR count). The van der Waals surface area contributed by atoms with Gasteiger partial charge in [0.15, 0.2) is 0 Å². The van der Waals surface area contributed by atoms with Crippen LogP contribution in [0.3, 0.4) is 0 Å². The fourth-order valence-electron chi connectivity index (χ4n) is 5.00. The highest BCUT2D eigenvalue weighted by Crippen LogP contribution is 2.48. The van der Waals surface area contributed by atoms with Crippen molar-refractivity contribution in [2.45, 2.75) is 44.8 Å². The predicted molar refractivity (Wildman–Crippen MR) is 91.2 cm³/mol. The van der Waals surface area contributed by atoms with Crippen molar-refractivity contribution in [3.63, 3.8) is 0 Å². The molecule has 1 aliphatic heterocycles. The number of aliphatic hydroxyl groups excluding tert-OH is 1. The second kappa shape index (κ2) is 6.92. The van der Waals surface area contributed by atoms with Gasteiger partial charge in [0.2, 0.25) is 0 Å². The van der Waals surface area contributed by atoms with Gasteiger partial charge in [-0.05, 0) is 54.6 Å². The Kier molecular flexibility index (Phi) is 4.70. The molecule has 0 spiro atoms. The van der Waals surface area contributed by atoms with Crippen LogP contribution in [0, 0.1) is 17.8 Å². The molecule has 0 unspecified atom stereocenters. The van der Waals surface area contributed by atoms with Gasteiger partial charge in [0, 0.05) is 26.2 Å². The topological polar surface area (TPSA) is 32.7 Å². The number of fused-ring (bicyclic) bond motifs is 3. The number of benzene rings is 1. The number of rotatable bonds is 6. The van der Waals surface area contributed by atoms with Crippen molar-refractivity contribution in [1.29, 1.82) is 0 Å². The monoisotopic (exact) mass is 315 g/mol. The van der Waals surface area contributed by atoms with Crippen LogP contribution in [0.2, 0.25) is 0 Å². The molecule has 3 heteroatoms. The van der Waals surface area contributed by atoms with Crippen LogP contribution in [0.15, 0.2) is 24.3 Å². The summed E-state index contributed by atoms with van der Waals surface area (Å²) in [6, 6.07) is 8.66. The summed E-state index contributed by atoms with van der Waals surface area (Å²) in [6.07, 6.45) is 6.38. The normalized spacial score (nSPS) is 31.3. The molecule has 126 valence electrons. The van der Waals surface area contributed by atoms with Crippen molar-refractivity contribution >= 4 is 0 Å². The third kappa shape index (κ3) is 3.62. The van der Waals surface area contributed by atoms with Gasteiger partial charge in [-0.1, -0.05) is 30.7 Å². The number of aliphatic hydroxyl groups is 1. The zero-order valence-corrected chi connectivity index (χ0v) is 14.0. The van der Waals surface area contributed by atoms with E-state index in [0.29, 0.717) is 6.61 Å². The molecule has 0 radical (unpaired) electrons. The summed E-state index contributed by atoms with van der Waals surface area (Å²) in [5, 5.41) is 10.3. The second-order valence-corrected chi connectivity index (χ2v) is 7.88. The summed E-state index contributed by atoms with van der Waals surface area (Å²) in [5.74, 6) is 2.66. The quantitative estimate of drug-likeness (QED) is 0.876. The summed E-state index contributed by atoms with van der Waals surface area (Å²) in [7, 11) is 0. The molecule has 1 heterocycles. The van der Waals surface area contributed by atoms with E-state index in [2.05, 4.69) is 29.2 Å². The Morgan fingerprint density at radius 1 is 1.17 bits per heavy atom. The molecule has 2 saturated carbocycles. The lowest BCUT2D eigenvalue weighted by Gasteiger charge is -2.30. The number of nitrogens with zero attached hydrogens (tertiary/aromatic N) is 1. The molecular formula is C20H29NO2. The van der Waals surface area contributed by atoms with Crippen molar-refractivity contribution in [1.82, 2.24) is 4.90 Å². The van der Waals surface area contributed by atoms with Gasteiger partial charge in [-0.15, -0.1) is 0 Å². The molecule has 2 fully saturated rings. The summed E-state index contributed by atoms with van der Waals surface area (Å²) in [6.45, 7) is 4.08. The summed E-state index contributed by atoms with van der Waals surface area (Å²) in [5.41, 5.74) is 2.87. The van der Waals surface area contributed by atoms with Crippen LogP contribution in [0.4, 0.5) is 0 Å². The van der Waals surface area contributed by atoms with Crippen LogP contribution in [0.5, 0.6) is 0 Å². The number of β-amino-alcohol motifs (C(OH)–C–C–N with tert-alkyl or cyclic N) is 1. The standard InChI is InChI=1S/C20H29NO2/c22-20(14-23-13-19-10-15-5-6-17(19)9-15)12-21-8-7-16-3-1-2-4-18(16)11-21/h1-4,15,17,19-20,22H,5-14H2/t15-,17-,19+,20+/m0/s1. The lowest BCUT2D eigenvalue weighted by Crippen LogP contribution is -2.38. The fraction of sp³-hybridized carbons (Fsp3) is 0.700. The van der Waals surface area contributed by atoms with Crippen molar-refractivity contribution in [2.75, 3.05) is 26.3 Å². The number of hydrogen-bond acceptors (Lipinski definition) is 3. The highest BCUT2D eigenvalue weighted by Gasteiger charge is 2.39. The SMILES string of the molecule is O[C@@H](COC[C@H]1C[C@H]2CC[C@H]1C2)CN1CCc2ccccc2C1. The first-order valence-electron chi connectivity index (χ1n) is 9.33. The van der Waals surface area contributed by atoms with Crippen LogP contribution in [0.25, 0.3) is 0 Å². The van der Waals surface area contributed by atoms with E-state index >= 15 is 0 Å². The van der Waals surface area contributed by atoms with Crippen LogP contribution in [-0.2, 0) is 17.7 Å². The summed E-state index contributed by atoms with van der Waals surface area (Å²) < 4.78 is 5.87. The van der Waals surface area contributed by atoms with Crippen LogP contribution in [0.1, 0.15) is 36.8 Å². The average molecular weight is 315 g/mol. The maximum atomic E-state index is 10.3. The van der Waals surface area contributed by atoms with E-state index in [1.807, 2.05) is 0 Å². The molecule has 0 aromatic heterocycles. The average Bonchev–Trinajstić information content (AvgIpc) is 3.18. The minimum atomic E-state index is -0.362. The van der Waals surface area contributed by atoms with Gasteiger partial charge in [-0.2, -0.15) is 0 Å². The molecule has 1 N–H and O–H groups in total. The molecule has 2 bridgehead atoms. The van der Waals surface area contributed by atoms with Gasteiger partial charge in [-0.3, -0.25) is 4.90 Å². The molecule has 2 aliphatic carbocycles. The maximum Gasteiger partial charge on any atom is 0.0900 e. The van der Waals surface area contributed by atoms with Crippen LogP contribution in [-0.4, -0.2) is 42.4 Å². The third-order valence-corrected chi connectivity index (χ3v) is 6.21. The van der Waals surface area contributed by atoms with Gasteiger partial charge < -0.3 is 9.84 Å². The van der Waals surface area contributed by atoms with E-state index in [4.69, 9.17) is 4.74 Å². The first-order chi connectivity index (χ1) is 11.3. The summed E-state index contributed by atoms with van der Waals surface area (Å²) >= 11 is 0. The predicted octanol–water partition coefficient (Wildman–Crippen LogP) is 2.86. The Hall–Kier alpha value is -0.900. The van der Waals surface area contributed by atoms with Crippen LogP contribution >= 0.6 is 0 Å². The van der Waals surface area contributed by atoms with Crippen LogP contribution < -0.4 is 0 Å². The van der Waals surface area contributed by atoms with Crippen molar-refractivity contribution in [3.05, 3.63) is 35.4 Å². The van der Waals surface area contributed by atoms with Gasteiger partial charge in [0.25, 0.3) is 0 Å². The lowest BCUT2D eigenvalue weighted by molar-refractivity contribution is -0.00387. The first-order valence-corrected chi connectivity index (χ1v) is 9.33. The van der Waals surface area contributed by atoms with E-state index < -0.39 is 0 Å². The lowest BCUT2D eigenvalue weighted by atomic mass is 9.90. The molecule has 23 heavy (non-hydrogen) atoms. The van der Waals surface area contributed by atoms with Gasteiger partial charge in [0.05, 0.1) is 12.7 Å². The molecule has 4 atom stereocenters. The molecule has 3 aliphatic rings. The van der Waals surface area contributed by atoms with Crippen molar-refractivity contribution < 1.29 is 9.84 Å². The van der Waals surface area contributed by atoms with E-state index in [0.717, 1.165) is 50.4 Å². The Morgan fingerprint density at radius 3 is 2.83 bits per heavy atom. The van der Waals surface area contributed by atoms with Crippen molar-refractivity contribution in [2.24, 2.45) is 17.8 Å². The van der Waals surface area contributed by atoms with E-state index in [1.165, 1.54) is 36.8 Å². The molecule has 0 amide bonds. The largest absolute Gasteiger partial charge is 0.389 e. The molecular weight excluding hydrogens is 286 g/mol. The second-order valence-electron chi connectivity index (χ2n) is 7.88. The molecule has 3 nitrogen and oxygen atoms in total. The Bertz CT molecular complexity index is 532. The Balaban J connectivity index is 1.18. The molecule has 0 saturated heterocycles. The van der Waals surface area contributed by atoms with Gasteiger partial charge in [0.1, 0.15) is 0 Å². The molecule has 1 aromatic carbocycles. The molecule has 1 aromatic rings. The highest BCUT2D eigenvalue weighted by molar-refractivity contribution is 5.29. The smallest absolute Gasteiger partial charge is 0.0900 e. The van der Waals surface area contributed by atoms with E-state index in [1.54, 1.807) is 0 Å². The zero-order chi connectivity index (χ0) is 15.6. The van der Waals surface area contributed by atoms with Crippen molar-refractivity contribution in [3.8, 4) is 0 Å². The zero-order valence-electron chi connectivity index (χ0n) is 14.0. The van der Waals surface area contributed by atoms with E-state index in [9.17, 15) is 5.11 Å². The van der Waals surface area contributed by atoms with Gasteiger partial charge in [-0.25, -0.2) is 0 Å². The number of hydrogen-bond donors (Lipinski definition) is 1. The van der Waals surface area contributed by atoms with Gasteiger partial charge >= 0.3 is 0 Å². The minimum absolute atomic E-state index is 0.362. The highest BCUT2D eigenvalue weighted by atomic mass is 16.5. The third-order valence-electron chi connectivity index (χ3n) is 6.21. The number of ether oxygens (including phenoxy) is 1. The first kappa shape index (κ1) is 15.6. The van der Waals surface area contributed by atoms with E-state index in [-0.39, 0.29) is 6.10 Å². The fourth-order valence-corrected chi connectivity index (χ4v) is 5.00. The Morgan fingerprint density at radius 2 is 2.04 bits per heavy atom. The maximum absolute atomic E-state index is 10.3. The Labute approximate surface area is 139 Å².